The molecule has 0 amide bonds. The Hall–Kier alpha value is -5.62. The van der Waals surface area contributed by atoms with Gasteiger partial charge < -0.3 is 9.40 Å². The Morgan fingerprint density at radius 2 is 1.66 bits per heavy atom. The summed E-state index contributed by atoms with van der Waals surface area (Å²) in [5.41, 5.74) is 7.07. The lowest BCUT2D eigenvalue weighted by Crippen LogP contribution is -2.13. The molecule has 0 radical (unpaired) electrons. The molecular formula is C32H26N6O5S. The number of H-pyrrole nitrogens is 1. The number of benzene rings is 3. The number of rotatable bonds is 8. The molecule has 0 aliphatic rings. The minimum absolute atomic E-state index is 0.0875. The number of nitro groups is 1. The van der Waals surface area contributed by atoms with Crippen molar-refractivity contribution in [3.8, 4) is 22.5 Å². The SMILES string of the molecule is Cc1ccc(S(=O)(=O)n2cc(/C=N/N=C/c3ccc([N+](=O)[O-])o3)c(-c3[nH]c4c(C)cc(C)cc4c3-c3ccccc3)n2)cc1. The second-order valence-electron chi connectivity index (χ2n) is 10.3. The van der Waals surface area contributed by atoms with Crippen LogP contribution in [0, 0.1) is 30.9 Å². The smallest absolute Gasteiger partial charge is 0.400 e. The predicted molar refractivity (Wildman–Crippen MR) is 169 cm³/mol. The number of aryl methyl sites for hydroxylation is 3. The van der Waals surface area contributed by atoms with Crippen LogP contribution in [0.15, 0.2) is 105 Å². The highest BCUT2D eigenvalue weighted by molar-refractivity contribution is 7.89. The minimum Gasteiger partial charge on any atom is -0.400 e. The van der Waals surface area contributed by atoms with Crippen molar-refractivity contribution in [3.63, 3.8) is 0 Å². The van der Waals surface area contributed by atoms with E-state index in [0.717, 1.165) is 42.8 Å². The third-order valence-electron chi connectivity index (χ3n) is 7.08. The van der Waals surface area contributed by atoms with E-state index in [0.29, 0.717) is 17.0 Å². The topological polar surface area (TPSA) is 149 Å². The zero-order valence-electron chi connectivity index (χ0n) is 23.9. The van der Waals surface area contributed by atoms with Gasteiger partial charge in [0.1, 0.15) is 10.6 Å². The second kappa shape index (κ2) is 11.2. The van der Waals surface area contributed by atoms with Gasteiger partial charge in [0.25, 0.3) is 10.0 Å². The molecule has 0 unspecified atom stereocenters. The van der Waals surface area contributed by atoms with Gasteiger partial charge in [-0.2, -0.15) is 27.8 Å². The monoisotopic (exact) mass is 606 g/mol. The van der Waals surface area contributed by atoms with Gasteiger partial charge in [-0.15, -0.1) is 0 Å². The summed E-state index contributed by atoms with van der Waals surface area (Å²) in [6.45, 7) is 5.92. The van der Waals surface area contributed by atoms with E-state index >= 15 is 0 Å². The highest BCUT2D eigenvalue weighted by Crippen LogP contribution is 2.40. The number of aromatic amines is 1. The molecule has 12 heteroatoms. The number of nitrogens with zero attached hydrogens (tertiary/aromatic N) is 5. The lowest BCUT2D eigenvalue weighted by molar-refractivity contribution is -0.402. The van der Waals surface area contributed by atoms with E-state index in [-0.39, 0.29) is 10.7 Å². The van der Waals surface area contributed by atoms with Crippen LogP contribution in [-0.2, 0) is 10.0 Å². The third kappa shape index (κ3) is 5.34. The van der Waals surface area contributed by atoms with Crippen LogP contribution in [0.3, 0.4) is 0 Å². The van der Waals surface area contributed by atoms with Crippen LogP contribution in [0.2, 0.25) is 0 Å². The van der Waals surface area contributed by atoms with Crippen molar-refractivity contribution in [2.24, 2.45) is 10.2 Å². The van der Waals surface area contributed by atoms with Crippen molar-refractivity contribution < 1.29 is 17.8 Å². The zero-order chi connectivity index (χ0) is 31.0. The predicted octanol–water partition coefficient (Wildman–Crippen LogP) is 6.81. The van der Waals surface area contributed by atoms with Crippen LogP contribution in [0.4, 0.5) is 5.88 Å². The van der Waals surface area contributed by atoms with E-state index in [1.54, 1.807) is 12.1 Å². The quantitative estimate of drug-likeness (QED) is 0.114. The number of aromatic nitrogens is 3. The summed E-state index contributed by atoms with van der Waals surface area (Å²) in [4.78, 5) is 13.9. The zero-order valence-corrected chi connectivity index (χ0v) is 24.7. The van der Waals surface area contributed by atoms with Crippen molar-refractivity contribution in [2.75, 3.05) is 0 Å². The fourth-order valence-electron chi connectivity index (χ4n) is 5.03. The Labute approximate surface area is 252 Å². The van der Waals surface area contributed by atoms with Crippen LogP contribution in [0.5, 0.6) is 0 Å². The molecule has 0 spiro atoms. The van der Waals surface area contributed by atoms with Crippen molar-refractivity contribution >= 4 is 39.2 Å². The number of fused-ring (bicyclic) bond motifs is 1. The number of hydrogen-bond acceptors (Lipinski definition) is 8. The summed E-state index contributed by atoms with van der Waals surface area (Å²) in [5, 5.41) is 24.6. The fraction of sp³-hybridized carbons (Fsp3) is 0.0938. The number of nitrogens with one attached hydrogen (secondary N) is 1. The molecule has 0 fully saturated rings. The van der Waals surface area contributed by atoms with Gasteiger partial charge in [0, 0.05) is 22.0 Å². The van der Waals surface area contributed by atoms with Gasteiger partial charge in [0.05, 0.1) is 35.3 Å². The molecule has 220 valence electrons. The standard InChI is InChI=1S/C32H26N6O5S/c1-20-9-12-26(13-10-20)44(41,42)37-19-24(17-33-34-18-25-11-14-28(43-25)38(39)40)31(36-37)32-29(23-7-5-4-6-8-23)27-16-21(2)15-22(3)30(27)35-32/h4-19,35H,1-3H3/b33-17+,34-18+. The molecule has 6 rings (SSSR count). The molecule has 0 saturated heterocycles. The number of hydrogen-bond donors (Lipinski definition) is 1. The van der Waals surface area contributed by atoms with Crippen LogP contribution in [-0.4, -0.2) is 39.9 Å². The van der Waals surface area contributed by atoms with Crippen molar-refractivity contribution in [1.82, 2.24) is 14.2 Å². The molecule has 3 heterocycles. The summed E-state index contributed by atoms with van der Waals surface area (Å²) in [6, 6.07) is 23.1. The van der Waals surface area contributed by atoms with Crippen molar-refractivity contribution in [3.05, 3.63) is 123 Å². The summed E-state index contributed by atoms with van der Waals surface area (Å²) in [5.74, 6) is -0.280. The van der Waals surface area contributed by atoms with Crippen molar-refractivity contribution in [1.29, 1.82) is 0 Å². The van der Waals surface area contributed by atoms with Crippen LogP contribution >= 0.6 is 0 Å². The van der Waals surface area contributed by atoms with Gasteiger partial charge in [-0.1, -0.05) is 59.7 Å². The van der Waals surface area contributed by atoms with Crippen LogP contribution in [0.25, 0.3) is 33.4 Å². The maximum Gasteiger partial charge on any atom is 0.433 e. The Bertz CT molecular complexity index is 2190. The summed E-state index contributed by atoms with van der Waals surface area (Å²) < 4.78 is 33.4. The van der Waals surface area contributed by atoms with E-state index in [9.17, 15) is 18.5 Å². The summed E-state index contributed by atoms with van der Waals surface area (Å²) >= 11 is 0. The average molecular weight is 607 g/mol. The van der Waals surface area contributed by atoms with E-state index in [2.05, 4.69) is 32.4 Å². The van der Waals surface area contributed by atoms with Gasteiger partial charge in [-0.3, -0.25) is 10.1 Å². The molecule has 0 saturated carbocycles. The van der Waals surface area contributed by atoms with Crippen molar-refractivity contribution in [2.45, 2.75) is 25.7 Å². The summed E-state index contributed by atoms with van der Waals surface area (Å²) in [6.07, 6.45) is 4.00. The molecule has 3 aromatic heterocycles. The Morgan fingerprint density at radius 3 is 2.36 bits per heavy atom. The fourth-order valence-corrected chi connectivity index (χ4v) is 6.16. The molecule has 11 nitrogen and oxygen atoms in total. The second-order valence-corrected chi connectivity index (χ2v) is 12.1. The minimum atomic E-state index is -4.05. The molecule has 0 bridgehead atoms. The van der Waals surface area contributed by atoms with E-state index in [1.165, 1.54) is 42.9 Å². The molecule has 3 aromatic carbocycles. The Balaban J connectivity index is 1.53. The highest BCUT2D eigenvalue weighted by atomic mass is 32.2. The molecule has 44 heavy (non-hydrogen) atoms. The van der Waals surface area contributed by atoms with Crippen LogP contribution < -0.4 is 0 Å². The molecule has 0 atom stereocenters. The molecule has 0 aliphatic heterocycles. The first-order valence-corrected chi connectivity index (χ1v) is 15.0. The van der Waals surface area contributed by atoms with Gasteiger partial charge in [-0.25, -0.2) is 0 Å². The van der Waals surface area contributed by atoms with E-state index in [4.69, 9.17) is 4.42 Å². The van der Waals surface area contributed by atoms with Gasteiger partial charge in [0.2, 0.25) is 0 Å². The normalized spacial score (nSPS) is 12.2. The lowest BCUT2D eigenvalue weighted by Gasteiger charge is -2.06. The van der Waals surface area contributed by atoms with Gasteiger partial charge >= 0.3 is 5.88 Å². The Kier molecular flexibility index (Phi) is 7.27. The van der Waals surface area contributed by atoms with Gasteiger partial charge in [0.15, 0.2) is 5.76 Å². The first kappa shape index (κ1) is 28.5. The third-order valence-corrected chi connectivity index (χ3v) is 8.62. The molecule has 6 aromatic rings. The molecule has 1 N–H and O–H groups in total. The maximum atomic E-state index is 13.7. The largest absolute Gasteiger partial charge is 0.433 e. The molecular weight excluding hydrogens is 580 g/mol. The summed E-state index contributed by atoms with van der Waals surface area (Å²) in [7, 11) is -4.05. The van der Waals surface area contributed by atoms with Crippen LogP contribution in [0.1, 0.15) is 28.0 Å². The first-order valence-electron chi connectivity index (χ1n) is 13.5. The Morgan fingerprint density at radius 1 is 0.932 bits per heavy atom. The highest BCUT2D eigenvalue weighted by Gasteiger charge is 2.25. The lowest BCUT2D eigenvalue weighted by atomic mass is 9.97. The number of furan rings is 1. The van der Waals surface area contributed by atoms with E-state index in [1.807, 2.05) is 51.1 Å². The van der Waals surface area contributed by atoms with E-state index < -0.39 is 20.8 Å². The first-order chi connectivity index (χ1) is 21.1. The van der Waals surface area contributed by atoms with Gasteiger partial charge in [-0.05, 0) is 56.2 Å². The molecule has 0 aliphatic carbocycles. The average Bonchev–Trinajstić information content (AvgIpc) is 3.73. The maximum absolute atomic E-state index is 13.7.